The molecule has 1 unspecified atom stereocenters. The van der Waals surface area contributed by atoms with Crippen molar-refractivity contribution < 1.29 is 13.5 Å². The molecular weight excluding hydrogens is 444 g/mol. The van der Waals surface area contributed by atoms with E-state index >= 15 is 0 Å². The molecule has 0 bridgehead atoms. The highest BCUT2D eigenvalue weighted by Gasteiger charge is 2.23. The molecule has 6 heteroatoms. The SMILES string of the molecule is Cc1ccc(S(=O)(=O)N(C#CC(C)O)CCc2cn(Cc3ccccc3)c3ccccc23)cc1. The second-order valence-corrected chi connectivity index (χ2v) is 10.2. The van der Waals surface area contributed by atoms with Crippen LogP contribution >= 0.6 is 0 Å². The highest BCUT2D eigenvalue weighted by atomic mass is 32.2. The Morgan fingerprint density at radius 3 is 2.35 bits per heavy atom. The zero-order valence-corrected chi connectivity index (χ0v) is 20.2. The zero-order valence-electron chi connectivity index (χ0n) is 19.3. The Balaban J connectivity index is 1.64. The molecule has 0 fully saturated rings. The van der Waals surface area contributed by atoms with Crippen molar-refractivity contribution in [3.63, 3.8) is 0 Å². The molecule has 0 aliphatic heterocycles. The van der Waals surface area contributed by atoms with Gasteiger partial charge in [0.05, 0.1) is 4.90 Å². The number of aryl methyl sites for hydroxylation is 1. The van der Waals surface area contributed by atoms with Gasteiger partial charge in [-0.15, -0.1) is 0 Å². The van der Waals surface area contributed by atoms with Crippen molar-refractivity contribution in [1.29, 1.82) is 0 Å². The van der Waals surface area contributed by atoms with Gasteiger partial charge in [-0.05, 0) is 55.5 Å². The Morgan fingerprint density at radius 2 is 1.65 bits per heavy atom. The minimum absolute atomic E-state index is 0.176. The summed E-state index contributed by atoms with van der Waals surface area (Å²) < 4.78 is 30.0. The molecule has 5 nitrogen and oxygen atoms in total. The lowest BCUT2D eigenvalue weighted by Gasteiger charge is -2.18. The Labute approximate surface area is 201 Å². The molecule has 1 N–H and O–H groups in total. The van der Waals surface area contributed by atoms with Crippen molar-refractivity contribution in [1.82, 2.24) is 8.87 Å². The van der Waals surface area contributed by atoms with Crippen LogP contribution < -0.4 is 0 Å². The molecule has 0 amide bonds. The van der Waals surface area contributed by atoms with E-state index in [0.29, 0.717) is 6.42 Å². The Kier molecular flexibility index (Phi) is 7.06. The molecule has 0 saturated heterocycles. The molecule has 1 aromatic heterocycles. The summed E-state index contributed by atoms with van der Waals surface area (Å²) in [7, 11) is -3.84. The molecule has 0 saturated carbocycles. The largest absolute Gasteiger partial charge is 0.381 e. The monoisotopic (exact) mass is 472 g/mol. The van der Waals surface area contributed by atoms with Gasteiger partial charge in [-0.1, -0.05) is 66.2 Å². The summed E-state index contributed by atoms with van der Waals surface area (Å²) in [5, 5.41) is 10.7. The first-order valence-corrected chi connectivity index (χ1v) is 12.7. The topological polar surface area (TPSA) is 62.5 Å². The van der Waals surface area contributed by atoms with Crippen molar-refractivity contribution in [3.05, 3.63) is 102 Å². The number of nitrogens with zero attached hydrogens (tertiary/aromatic N) is 2. The van der Waals surface area contributed by atoms with Crippen molar-refractivity contribution in [2.45, 2.75) is 37.8 Å². The minimum atomic E-state index is -3.84. The van der Waals surface area contributed by atoms with Crippen LogP contribution in [-0.2, 0) is 23.0 Å². The van der Waals surface area contributed by atoms with Crippen molar-refractivity contribution >= 4 is 20.9 Å². The predicted molar refractivity (Wildman–Crippen MR) is 136 cm³/mol. The third-order valence-corrected chi connectivity index (χ3v) is 7.38. The van der Waals surface area contributed by atoms with Gasteiger partial charge >= 0.3 is 0 Å². The van der Waals surface area contributed by atoms with Crippen LogP contribution in [0.5, 0.6) is 0 Å². The summed E-state index contributed by atoms with van der Waals surface area (Å²) in [5.74, 6) is 2.59. The van der Waals surface area contributed by atoms with E-state index in [4.69, 9.17) is 0 Å². The number of para-hydroxylation sites is 1. The fourth-order valence-electron chi connectivity index (χ4n) is 3.89. The van der Waals surface area contributed by atoms with Gasteiger partial charge in [-0.2, -0.15) is 0 Å². The molecule has 0 radical (unpaired) electrons. The third-order valence-electron chi connectivity index (χ3n) is 5.66. The standard InChI is InChI=1S/C28H28N2O3S/c1-22-12-14-26(15-13-22)34(32,33)30(18-16-23(2)31)19-17-25-21-29(20-24-8-4-3-5-9-24)28-11-7-6-10-27(25)28/h3-15,21,23,31H,17,19-20H2,1-2H3. The van der Waals surface area contributed by atoms with Gasteiger partial charge in [0.2, 0.25) is 0 Å². The summed E-state index contributed by atoms with van der Waals surface area (Å²) >= 11 is 0. The first kappa shape index (κ1) is 23.6. The Hall–Kier alpha value is -3.53. The summed E-state index contributed by atoms with van der Waals surface area (Å²) in [6, 6.07) is 27.8. The normalized spacial score (nSPS) is 12.2. The predicted octanol–water partition coefficient (Wildman–Crippen LogP) is 4.57. The van der Waals surface area contributed by atoms with Crippen molar-refractivity contribution in [2.75, 3.05) is 6.54 Å². The van der Waals surface area contributed by atoms with Gasteiger partial charge in [0.15, 0.2) is 0 Å². The van der Waals surface area contributed by atoms with Crippen molar-refractivity contribution in [2.24, 2.45) is 0 Å². The summed E-state index contributed by atoms with van der Waals surface area (Å²) in [4.78, 5) is 0.185. The van der Waals surface area contributed by atoms with E-state index in [2.05, 4.69) is 47.0 Å². The summed E-state index contributed by atoms with van der Waals surface area (Å²) in [6.45, 7) is 4.33. The lowest BCUT2D eigenvalue weighted by molar-refractivity contribution is 0.253. The minimum Gasteiger partial charge on any atom is -0.381 e. The van der Waals surface area contributed by atoms with E-state index in [0.717, 1.165) is 32.9 Å². The summed E-state index contributed by atoms with van der Waals surface area (Å²) in [6.07, 6.45) is 1.65. The molecule has 34 heavy (non-hydrogen) atoms. The van der Waals surface area contributed by atoms with Crippen LogP contribution in [0.15, 0.2) is 90.0 Å². The van der Waals surface area contributed by atoms with Crippen LogP contribution in [0.4, 0.5) is 0 Å². The van der Waals surface area contributed by atoms with Crippen LogP contribution in [0.3, 0.4) is 0 Å². The van der Waals surface area contributed by atoms with Crippen LogP contribution in [0.1, 0.15) is 23.6 Å². The van der Waals surface area contributed by atoms with Crippen LogP contribution in [0, 0.1) is 18.9 Å². The number of rotatable bonds is 7. The van der Waals surface area contributed by atoms with Crippen molar-refractivity contribution in [3.8, 4) is 12.0 Å². The number of sulfonamides is 1. The van der Waals surface area contributed by atoms with E-state index in [1.165, 1.54) is 12.5 Å². The molecule has 174 valence electrons. The fraction of sp³-hybridized carbons (Fsp3) is 0.214. The maximum absolute atomic E-state index is 13.3. The maximum atomic E-state index is 13.3. The van der Waals surface area contributed by atoms with E-state index < -0.39 is 16.1 Å². The number of aliphatic hydroxyl groups is 1. The maximum Gasteiger partial charge on any atom is 0.270 e. The first-order valence-electron chi connectivity index (χ1n) is 11.2. The van der Waals surface area contributed by atoms with Crippen LogP contribution in [0.25, 0.3) is 10.9 Å². The van der Waals surface area contributed by atoms with Gasteiger partial charge in [0.25, 0.3) is 10.0 Å². The molecule has 1 heterocycles. The number of fused-ring (bicyclic) bond motifs is 1. The highest BCUT2D eigenvalue weighted by Crippen LogP contribution is 2.24. The lowest BCUT2D eigenvalue weighted by Crippen LogP contribution is -2.29. The molecule has 0 aliphatic carbocycles. The number of aromatic nitrogens is 1. The van der Waals surface area contributed by atoms with E-state index in [1.807, 2.05) is 37.3 Å². The van der Waals surface area contributed by atoms with Gasteiger partial charge < -0.3 is 9.67 Å². The second-order valence-electron chi connectivity index (χ2n) is 8.36. The van der Waals surface area contributed by atoms with Gasteiger partial charge in [0, 0.05) is 36.2 Å². The third kappa shape index (κ3) is 5.33. The number of aliphatic hydroxyl groups excluding tert-OH is 1. The average molecular weight is 473 g/mol. The van der Waals surface area contributed by atoms with E-state index in [9.17, 15) is 13.5 Å². The van der Waals surface area contributed by atoms with E-state index in [-0.39, 0.29) is 11.4 Å². The Morgan fingerprint density at radius 1 is 0.971 bits per heavy atom. The molecule has 4 aromatic rings. The number of hydrogen-bond donors (Lipinski definition) is 1. The van der Waals surface area contributed by atoms with Crippen LogP contribution in [0.2, 0.25) is 0 Å². The Bertz CT molecular complexity index is 1430. The average Bonchev–Trinajstić information content (AvgIpc) is 3.17. The first-order chi connectivity index (χ1) is 16.3. The molecule has 0 spiro atoms. The lowest BCUT2D eigenvalue weighted by atomic mass is 10.1. The molecule has 4 rings (SSSR count). The highest BCUT2D eigenvalue weighted by molar-refractivity contribution is 7.89. The molecular formula is C28H28N2O3S. The van der Waals surface area contributed by atoms with Crippen LogP contribution in [-0.4, -0.2) is 35.0 Å². The number of benzene rings is 3. The quantitative estimate of drug-likeness (QED) is 0.317. The summed E-state index contributed by atoms with van der Waals surface area (Å²) in [5.41, 5.74) is 4.33. The van der Waals surface area contributed by atoms with Gasteiger partial charge in [-0.25, -0.2) is 12.7 Å². The molecule has 1 atom stereocenters. The zero-order chi connectivity index (χ0) is 24.1. The van der Waals surface area contributed by atoms with Gasteiger partial charge in [-0.3, -0.25) is 0 Å². The molecule has 0 aliphatic rings. The fourth-order valence-corrected chi connectivity index (χ4v) is 5.13. The van der Waals surface area contributed by atoms with Gasteiger partial charge in [0.1, 0.15) is 6.10 Å². The smallest absolute Gasteiger partial charge is 0.270 e. The molecule has 3 aromatic carbocycles. The van der Waals surface area contributed by atoms with E-state index in [1.54, 1.807) is 24.3 Å². The second kappa shape index (κ2) is 10.2. The number of hydrogen-bond acceptors (Lipinski definition) is 3.